The van der Waals surface area contributed by atoms with Crippen LogP contribution in [0.15, 0.2) is 17.5 Å². The van der Waals surface area contributed by atoms with E-state index >= 15 is 0 Å². The monoisotopic (exact) mass is 930 g/mol. The number of nitrogens with one attached hydrogen (secondary N) is 7. The number of carbonyl (C=O) groups excluding carboxylic acids is 6. The van der Waals surface area contributed by atoms with Crippen molar-refractivity contribution in [3.8, 4) is 0 Å². The van der Waals surface area contributed by atoms with E-state index in [4.69, 9.17) is 34.4 Å². The predicted molar refractivity (Wildman–Crippen MR) is 245 cm³/mol. The Morgan fingerprint density at radius 2 is 1.11 bits per heavy atom. The molecule has 25 heteroatoms. The fourth-order valence-electron chi connectivity index (χ4n) is 6.09. The molecule has 0 saturated heterocycles. The van der Waals surface area contributed by atoms with Gasteiger partial charge in [-0.15, -0.1) is 0 Å². The number of nitrogens with zero attached hydrogens (tertiary/aromatic N) is 2. The van der Waals surface area contributed by atoms with E-state index in [0.29, 0.717) is 76.0 Å². The Labute approximate surface area is 378 Å². The first-order chi connectivity index (χ1) is 30.1. The lowest BCUT2D eigenvalue weighted by atomic mass is 10.0. The van der Waals surface area contributed by atoms with Gasteiger partial charge in [0, 0.05) is 30.6 Å². The molecule has 1 aromatic heterocycles. The van der Waals surface area contributed by atoms with Crippen molar-refractivity contribution >= 4 is 71.8 Å². The van der Waals surface area contributed by atoms with E-state index in [9.17, 15) is 38.7 Å². The summed E-state index contributed by atoms with van der Waals surface area (Å²) in [5.74, 6) is -5.46. The second-order valence-electron chi connectivity index (χ2n) is 14.9. The summed E-state index contributed by atoms with van der Waals surface area (Å²) < 4.78 is 0. The van der Waals surface area contributed by atoms with Gasteiger partial charge in [0.1, 0.15) is 36.3 Å². The molecule has 6 amide bonds. The van der Waals surface area contributed by atoms with Gasteiger partial charge in [0.25, 0.3) is 0 Å². The zero-order chi connectivity index (χ0) is 47.2. The third-order valence-corrected chi connectivity index (χ3v) is 10.7. The maximum absolute atomic E-state index is 14.0. The fourth-order valence-corrected chi connectivity index (χ4v) is 6.82. The molecular formula is C38H71N15O8S2. The van der Waals surface area contributed by atoms with Crippen molar-refractivity contribution in [3.05, 3.63) is 18.2 Å². The second-order valence-corrected chi connectivity index (χ2v) is 16.2. The van der Waals surface area contributed by atoms with Crippen molar-refractivity contribution in [2.24, 2.45) is 39.4 Å². The minimum Gasteiger partial charge on any atom is -0.480 e. The lowest BCUT2D eigenvalue weighted by molar-refractivity contribution is -0.142. The Kier molecular flexibility index (Phi) is 29.4. The van der Waals surface area contributed by atoms with Gasteiger partial charge in [0.2, 0.25) is 35.4 Å². The van der Waals surface area contributed by atoms with Gasteiger partial charge in [-0.05, 0) is 102 Å². The summed E-state index contributed by atoms with van der Waals surface area (Å²) in [4.78, 5) is 105. The maximum Gasteiger partial charge on any atom is 0.326 e. The number of guanidine groups is 1. The molecule has 0 aliphatic rings. The summed E-state index contributed by atoms with van der Waals surface area (Å²) in [5, 5.41) is 25.5. The number of unbranched alkanes of at least 4 members (excludes halogenated alkanes) is 3. The van der Waals surface area contributed by atoms with Crippen molar-refractivity contribution in [1.82, 2.24) is 41.9 Å². The van der Waals surface area contributed by atoms with Crippen LogP contribution in [0.5, 0.6) is 0 Å². The zero-order valence-corrected chi connectivity index (χ0v) is 37.9. The minimum absolute atomic E-state index is 0.0322. The average Bonchev–Trinajstić information content (AvgIpc) is 3.77. The van der Waals surface area contributed by atoms with Crippen LogP contribution in [0.3, 0.4) is 0 Å². The van der Waals surface area contributed by atoms with Crippen LogP contribution in [0.2, 0.25) is 0 Å². The first-order valence-corrected chi connectivity index (χ1v) is 23.2. The van der Waals surface area contributed by atoms with E-state index in [2.05, 4.69) is 59.5 Å². The summed E-state index contributed by atoms with van der Waals surface area (Å²) in [5.41, 5.74) is 34.3. The molecule has 0 fully saturated rings. The molecule has 0 spiro atoms. The summed E-state index contributed by atoms with van der Waals surface area (Å²) in [6.07, 6.45) is 8.79. The number of thiol groups is 1. The number of rotatable bonds is 35. The van der Waals surface area contributed by atoms with E-state index in [1.807, 2.05) is 6.26 Å². The highest BCUT2D eigenvalue weighted by Crippen LogP contribution is 2.10. The van der Waals surface area contributed by atoms with Gasteiger partial charge < -0.3 is 76.4 Å². The number of H-pyrrole nitrogens is 1. The number of hydrogen-bond acceptors (Lipinski definition) is 15. The number of carboxylic acids is 1. The molecule has 20 N–H and O–H groups in total. The molecule has 0 aromatic carbocycles. The Hall–Kier alpha value is -4.69. The van der Waals surface area contributed by atoms with Crippen LogP contribution in [0.1, 0.15) is 82.7 Å². The number of aromatic amines is 1. The predicted octanol–water partition coefficient (Wildman–Crippen LogP) is -3.60. The van der Waals surface area contributed by atoms with Crippen molar-refractivity contribution in [3.63, 3.8) is 0 Å². The molecule has 0 unspecified atom stereocenters. The van der Waals surface area contributed by atoms with Crippen LogP contribution >= 0.6 is 24.4 Å². The molecular weight excluding hydrogens is 859 g/mol. The van der Waals surface area contributed by atoms with Crippen molar-refractivity contribution in [2.75, 3.05) is 43.9 Å². The van der Waals surface area contributed by atoms with Gasteiger partial charge in [0.15, 0.2) is 5.96 Å². The first kappa shape index (κ1) is 56.3. The van der Waals surface area contributed by atoms with E-state index in [0.717, 1.165) is 0 Å². The molecule has 63 heavy (non-hydrogen) atoms. The van der Waals surface area contributed by atoms with Gasteiger partial charge in [-0.3, -0.25) is 33.8 Å². The van der Waals surface area contributed by atoms with Gasteiger partial charge in [0.05, 0.1) is 12.4 Å². The zero-order valence-electron chi connectivity index (χ0n) is 36.2. The van der Waals surface area contributed by atoms with Crippen molar-refractivity contribution < 1.29 is 38.7 Å². The van der Waals surface area contributed by atoms with E-state index in [1.54, 1.807) is 0 Å². The maximum atomic E-state index is 14.0. The van der Waals surface area contributed by atoms with E-state index in [-0.39, 0.29) is 56.8 Å². The van der Waals surface area contributed by atoms with Crippen LogP contribution in [-0.4, -0.2) is 149 Å². The van der Waals surface area contributed by atoms with E-state index < -0.39 is 83.7 Å². The third-order valence-electron chi connectivity index (χ3n) is 9.70. The average molecular weight is 930 g/mol. The Morgan fingerprint density at radius 1 is 0.667 bits per heavy atom. The van der Waals surface area contributed by atoms with Crippen LogP contribution in [0, 0.1) is 0 Å². The van der Waals surface area contributed by atoms with Crippen LogP contribution in [0.4, 0.5) is 0 Å². The lowest BCUT2D eigenvalue weighted by Crippen LogP contribution is -2.60. The molecule has 0 aliphatic carbocycles. The van der Waals surface area contributed by atoms with Gasteiger partial charge in [-0.25, -0.2) is 9.78 Å². The number of carbonyl (C=O) groups is 7. The van der Waals surface area contributed by atoms with Crippen molar-refractivity contribution in [1.29, 1.82) is 0 Å². The summed E-state index contributed by atoms with van der Waals surface area (Å²) >= 11 is 5.73. The minimum atomic E-state index is -1.33. The molecule has 23 nitrogen and oxygen atoms in total. The highest BCUT2D eigenvalue weighted by atomic mass is 32.2. The van der Waals surface area contributed by atoms with Crippen molar-refractivity contribution in [2.45, 2.75) is 126 Å². The standard InChI is InChI=1S/C38H71N15O8S2/c1-63-18-13-27(48-31(54)24(42)9-2-5-14-39)34(57)50-26(12-8-17-46-38(43)44)32(55)49-25(10-3-6-15-40)33(56)53-30(21-62)36(59)52-29(19-23-20-45-22-47-23)35(58)51-28(37(60)61)11-4-7-16-41/h20,22,24-30,62H,2-19,21,39-42H2,1H3,(H,45,47)(H,48,54)(H,49,55)(H,50,57)(H,51,58)(H,52,59)(H,53,56)(H,60,61)(H4,43,44,46)/t24-,25-,26-,27-,28-,29-,30-/m0/s1. The normalized spacial score (nSPS) is 14.4. The van der Waals surface area contributed by atoms with Gasteiger partial charge >= 0.3 is 5.97 Å². The smallest absolute Gasteiger partial charge is 0.326 e. The highest BCUT2D eigenvalue weighted by molar-refractivity contribution is 7.98. The summed E-state index contributed by atoms with van der Waals surface area (Å²) in [6.45, 7) is 1.21. The molecule has 0 radical (unpaired) electrons. The number of imidazole rings is 1. The summed E-state index contributed by atoms with van der Waals surface area (Å²) in [7, 11) is 0. The Balaban J connectivity index is 3.33. The van der Waals surface area contributed by atoms with Gasteiger partial charge in [-0.1, -0.05) is 6.42 Å². The molecule has 1 aromatic rings. The number of aromatic nitrogens is 2. The van der Waals surface area contributed by atoms with Crippen LogP contribution in [-0.2, 0) is 40.0 Å². The second kappa shape index (κ2) is 32.9. The third kappa shape index (κ3) is 23.5. The van der Waals surface area contributed by atoms with Gasteiger partial charge in [-0.2, -0.15) is 24.4 Å². The lowest BCUT2D eigenvalue weighted by Gasteiger charge is -2.27. The Bertz CT molecular complexity index is 1570. The van der Waals surface area contributed by atoms with Crippen LogP contribution in [0.25, 0.3) is 0 Å². The number of aliphatic imine (C=N–C) groups is 1. The molecule has 7 atom stereocenters. The topological polar surface area (TPSA) is 409 Å². The molecule has 1 heterocycles. The number of nitrogens with two attached hydrogens (primary N) is 6. The highest BCUT2D eigenvalue weighted by Gasteiger charge is 2.33. The number of amides is 6. The Morgan fingerprint density at radius 3 is 1.60 bits per heavy atom. The molecule has 0 bridgehead atoms. The first-order valence-electron chi connectivity index (χ1n) is 21.1. The molecule has 0 aliphatic heterocycles. The number of thioether (sulfide) groups is 1. The number of aliphatic carboxylic acids is 1. The quantitative estimate of drug-likeness (QED) is 0.0135. The van der Waals surface area contributed by atoms with E-state index in [1.165, 1.54) is 24.3 Å². The molecule has 358 valence electrons. The number of hydrogen-bond donors (Lipinski definition) is 15. The van der Waals surface area contributed by atoms with Crippen LogP contribution < -0.4 is 66.3 Å². The fraction of sp³-hybridized carbons (Fsp3) is 0.711. The SMILES string of the molecule is CSCC[C@H](NC(=O)[C@@H](N)CCCCN)C(=O)N[C@@H](CCCN=C(N)N)C(=O)N[C@@H](CCCCN)C(=O)N[C@@H](CS)C(=O)N[C@@H](Cc1cnc[nH]1)C(=O)N[C@@H](CCCCN)C(=O)O. The number of carboxylic acid groups (broad SMARTS) is 1. The summed E-state index contributed by atoms with van der Waals surface area (Å²) in [6, 6.07) is -8.25. The molecule has 1 rings (SSSR count). The molecule has 0 saturated carbocycles. The largest absolute Gasteiger partial charge is 0.480 e.